The van der Waals surface area contributed by atoms with Crippen molar-refractivity contribution in [2.24, 2.45) is 7.05 Å². The third kappa shape index (κ3) is 5.48. The van der Waals surface area contributed by atoms with Crippen LogP contribution in [0.15, 0.2) is 41.2 Å². The van der Waals surface area contributed by atoms with Crippen LogP contribution in [0.2, 0.25) is 0 Å². The fourth-order valence-corrected chi connectivity index (χ4v) is 3.04. The third-order valence-corrected chi connectivity index (χ3v) is 4.82. The maximum absolute atomic E-state index is 13.9. The maximum atomic E-state index is 13.9. The topological polar surface area (TPSA) is 142 Å². The van der Waals surface area contributed by atoms with Crippen molar-refractivity contribution in [1.82, 2.24) is 30.1 Å². The average Bonchev–Trinajstić information content (AvgIpc) is 3.46. The monoisotopic (exact) mass is 486 g/mol. The zero-order valence-electron chi connectivity index (χ0n) is 18.8. The Balaban J connectivity index is 1.42. The number of hydrogen-bond donors (Lipinski definition) is 2. The first-order valence-corrected chi connectivity index (χ1v) is 10.2. The van der Waals surface area contributed by atoms with Gasteiger partial charge in [-0.2, -0.15) is 4.39 Å². The van der Waals surface area contributed by atoms with E-state index in [4.69, 9.17) is 14.0 Å². The van der Waals surface area contributed by atoms with Gasteiger partial charge in [0.2, 0.25) is 5.95 Å². The first kappa shape index (κ1) is 23.5. The lowest BCUT2D eigenvalue weighted by Crippen LogP contribution is -2.19. The molecule has 0 fully saturated rings. The van der Waals surface area contributed by atoms with Crippen molar-refractivity contribution in [1.29, 1.82) is 0 Å². The van der Waals surface area contributed by atoms with Crippen LogP contribution >= 0.6 is 0 Å². The van der Waals surface area contributed by atoms with Crippen molar-refractivity contribution in [2.75, 3.05) is 17.7 Å². The summed E-state index contributed by atoms with van der Waals surface area (Å²) in [6.07, 6.45) is 0.282. The molecule has 4 heterocycles. The van der Waals surface area contributed by atoms with Crippen LogP contribution in [-0.2, 0) is 18.3 Å². The van der Waals surface area contributed by atoms with E-state index < -0.39 is 24.0 Å². The van der Waals surface area contributed by atoms with Crippen molar-refractivity contribution in [3.05, 3.63) is 59.7 Å². The molecule has 0 saturated carbocycles. The van der Waals surface area contributed by atoms with Gasteiger partial charge in [-0.15, -0.1) is 5.10 Å². The van der Waals surface area contributed by atoms with Crippen LogP contribution in [0.25, 0.3) is 11.4 Å². The highest BCUT2D eigenvalue weighted by molar-refractivity contribution is 5.88. The summed E-state index contributed by atoms with van der Waals surface area (Å²) in [7, 11) is 3.06. The molecule has 0 aliphatic carbocycles. The van der Waals surface area contributed by atoms with E-state index in [1.165, 1.54) is 18.7 Å². The number of nitrogens with zero attached hydrogens (tertiary/aromatic N) is 6. The largest absolute Gasteiger partial charge is 0.479 e. The van der Waals surface area contributed by atoms with Crippen LogP contribution < -0.4 is 15.4 Å². The predicted octanol–water partition coefficient (Wildman–Crippen LogP) is 3.47. The molecule has 182 valence electrons. The number of halogens is 2. The van der Waals surface area contributed by atoms with E-state index in [1.54, 1.807) is 31.4 Å². The van der Waals surface area contributed by atoms with Gasteiger partial charge in [0, 0.05) is 13.1 Å². The van der Waals surface area contributed by atoms with Gasteiger partial charge in [0.1, 0.15) is 11.9 Å². The van der Waals surface area contributed by atoms with Crippen molar-refractivity contribution in [3.8, 4) is 17.3 Å². The Bertz CT molecular complexity index is 1330. The van der Waals surface area contributed by atoms with Gasteiger partial charge >= 0.3 is 6.09 Å². The zero-order chi connectivity index (χ0) is 24.9. The molecule has 4 rings (SSSR count). The van der Waals surface area contributed by atoms with E-state index in [1.807, 2.05) is 0 Å². The Kier molecular flexibility index (Phi) is 6.80. The van der Waals surface area contributed by atoms with E-state index in [0.29, 0.717) is 29.6 Å². The fraction of sp³-hybridized carbons (Fsp3) is 0.238. The van der Waals surface area contributed by atoms with Crippen LogP contribution in [-0.4, -0.2) is 43.3 Å². The number of carbonyl (C=O) groups excluding carboxylic acids is 1. The summed E-state index contributed by atoms with van der Waals surface area (Å²) in [5, 5.41) is 17.3. The molecular weight excluding hydrogens is 466 g/mol. The molecule has 4 aromatic heterocycles. The smallest absolute Gasteiger partial charge is 0.413 e. The number of hydrogen-bond acceptors (Lipinski definition) is 10. The van der Waals surface area contributed by atoms with Crippen LogP contribution in [0, 0.1) is 11.8 Å². The van der Waals surface area contributed by atoms with Gasteiger partial charge in [-0.25, -0.2) is 18.9 Å². The standard InChI is InChI=1S/C21H20F2N8O4/c1-11(15-6-12(22)8-26-19(15)23)34-21(32)27-20-18(28-30-31(20)2)16-5-4-13(9-25-16)24-10-14-7-17(33-3)29-35-14/h4-9,11,24H,10H2,1-3H3,(H,27,32)/t11-/m1/s1. The van der Waals surface area contributed by atoms with E-state index in [9.17, 15) is 13.6 Å². The molecule has 0 bridgehead atoms. The molecule has 2 N–H and O–H groups in total. The Labute approximate surface area is 197 Å². The fourth-order valence-electron chi connectivity index (χ4n) is 3.04. The zero-order valence-corrected chi connectivity index (χ0v) is 18.8. The third-order valence-electron chi connectivity index (χ3n) is 4.82. The lowest BCUT2D eigenvalue weighted by molar-refractivity contribution is 0.118. The molecule has 0 aliphatic rings. The lowest BCUT2D eigenvalue weighted by Gasteiger charge is -2.15. The van der Waals surface area contributed by atoms with Gasteiger partial charge in [-0.1, -0.05) is 5.21 Å². The van der Waals surface area contributed by atoms with Crippen LogP contribution in [0.5, 0.6) is 5.88 Å². The van der Waals surface area contributed by atoms with Gasteiger partial charge in [-0.3, -0.25) is 10.3 Å². The number of pyridine rings is 2. The molecule has 1 amide bonds. The normalized spacial score (nSPS) is 11.7. The second-order valence-corrected chi connectivity index (χ2v) is 7.24. The minimum absolute atomic E-state index is 0.196. The van der Waals surface area contributed by atoms with Gasteiger partial charge in [-0.05, 0) is 30.3 Å². The van der Waals surface area contributed by atoms with Crippen molar-refractivity contribution in [2.45, 2.75) is 19.6 Å². The van der Waals surface area contributed by atoms with E-state index in [0.717, 1.165) is 12.3 Å². The van der Waals surface area contributed by atoms with E-state index in [2.05, 4.69) is 36.1 Å². The number of amides is 1. The second kappa shape index (κ2) is 10.1. The number of ether oxygens (including phenoxy) is 2. The lowest BCUT2D eigenvalue weighted by atomic mass is 10.2. The molecule has 0 aliphatic heterocycles. The Morgan fingerprint density at radius 2 is 2.06 bits per heavy atom. The molecule has 0 radical (unpaired) electrons. The maximum Gasteiger partial charge on any atom is 0.413 e. The molecule has 0 saturated heterocycles. The number of aryl methyl sites for hydroxylation is 1. The molecule has 0 spiro atoms. The summed E-state index contributed by atoms with van der Waals surface area (Å²) < 4.78 is 43.8. The minimum Gasteiger partial charge on any atom is -0.479 e. The summed E-state index contributed by atoms with van der Waals surface area (Å²) in [4.78, 5) is 20.1. The Morgan fingerprint density at radius 3 is 2.77 bits per heavy atom. The Morgan fingerprint density at radius 1 is 1.23 bits per heavy atom. The molecule has 0 unspecified atom stereocenters. The summed E-state index contributed by atoms with van der Waals surface area (Å²) in [6.45, 7) is 1.75. The molecule has 35 heavy (non-hydrogen) atoms. The number of nitrogens with one attached hydrogen (secondary N) is 2. The molecule has 4 aromatic rings. The minimum atomic E-state index is -1.10. The van der Waals surface area contributed by atoms with E-state index in [-0.39, 0.29) is 17.1 Å². The second-order valence-electron chi connectivity index (χ2n) is 7.24. The number of carbonyl (C=O) groups is 1. The van der Waals surface area contributed by atoms with Gasteiger partial charge in [0.25, 0.3) is 5.88 Å². The van der Waals surface area contributed by atoms with Crippen LogP contribution in [0.4, 0.5) is 25.1 Å². The van der Waals surface area contributed by atoms with Crippen LogP contribution in [0.1, 0.15) is 24.4 Å². The van der Waals surface area contributed by atoms with Gasteiger partial charge in [0.05, 0.1) is 43.0 Å². The highest BCUT2D eigenvalue weighted by Gasteiger charge is 2.21. The van der Waals surface area contributed by atoms with Crippen LogP contribution in [0.3, 0.4) is 0 Å². The van der Waals surface area contributed by atoms with Crippen molar-refractivity contribution in [3.63, 3.8) is 0 Å². The highest BCUT2D eigenvalue weighted by atomic mass is 19.1. The molecular formula is C21H20F2N8O4. The summed E-state index contributed by atoms with van der Waals surface area (Å²) in [5.74, 6) is -0.534. The average molecular weight is 486 g/mol. The summed E-state index contributed by atoms with van der Waals surface area (Å²) in [5.41, 5.74) is 1.20. The molecule has 14 heteroatoms. The number of methoxy groups -OCH3 is 1. The summed E-state index contributed by atoms with van der Waals surface area (Å²) >= 11 is 0. The first-order valence-electron chi connectivity index (χ1n) is 10.2. The Hall–Kier alpha value is -4.62. The molecule has 1 atom stereocenters. The molecule has 0 aromatic carbocycles. The van der Waals surface area contributed by atoms with Gasteiger partial charge in [0.15, 0.2) is 17.3 Å². The van der Waals surface area contributed by atoms with E-state index >= 15 is 0 Å². The first-order chi connectivity index (χ1) is 16.8. The van der Waals surface area contributed by atoms with Crippen molar-refractivity contribution >= 4 is 17.6 Å². The van der Waals surface area contributed by atoms with Gasteiger partial charge < -0.3 is 19.3 Å². The number of anilines is 2. The quantitative estimate of drug-likeness (QED) is 0.356. The predicted molar refractivity (Wildman–Crippen MR) is 117 cm³/mol. The molecule has 12 nitrogen and oxygen atoms in total. The SMILES string of the molecule is COc1cc(CNc2ccc(-c3nnn(C)c3NC(=O)O[C@H](C)c3cc(F)cnc3F)nc2)on1. The summed E-state index contributed by atoms with van der Waals surface area (Å²) in [6, 6.07) is 6.01. The highest BCUT2D eigenvalue weighted by Crippen LogP contribution is 2.26. The number of rotatable bonds is 8. The van der Waals surface area contributed by atoms with Crippen molar-refractivity contribution < 1.29 is 27.6 Å². The number of aromatic nitrogens is 6.